The molecule has 2 heterocycles. The molecule has 2 aromatic heterocycles. The number of hydrogen-bond acceptors (Lipinski definition) is 6. The molecule has 3 aromatic carbocycles. The number of aromatic hydroxyl groups is 1. The van der Waals surface area contributed by atoms with Crippen LogP contribution in [-0.2, 0) is 6.54 Å². The number of phenolic OH excluding ortho intramolecular Hbond substituents is 1. The second-order valence-corrected chi connectivity index (χ2v) is 5.83. The van der Waals surface area contributed by atoms with Crippen LogP contribution in [0, 0.1) is 0 Å². The van der Waals surface area contributed by atoms with Crippen LogP contribution in [-0.4, -0.2) is 35.5 Å². The van der Waals surface area contributed by atoms with Gasteiger partial charge in [-0.3, -0.25) is 5.10 Å². The summed E-state index contributed by atoms with van der Waals surface area (Å²) in [4.78, 5) is 1.43. The fraction of sp³-hybridized carbons (Fsp3) is 0.0526. The average Bonchev–Trinajstić information content (AvgIpc) is 3.35. The minimum absolute atomic E-state index is 0.132. The third-order valence-corrected chi connectivity index (χ3v) is 4.01. The van der Waals surface area contributed by atoms with Crippen LogP contribution in [0.1, 0.15) is 5.56 Å². The van der Waals surface area contributed by atoms with Crippen molar-refractivity contribution in [2.45, 2.75) is 6.54 Å². The Hall–Kier alpha value is -3.78. The van der Waals surface area contributed by atoms with Crippen molar-refractivity contribution in [3.05, 3.63) is 72.3 Å². The highest BCUT2D eigenvalue weighted by Gasteiger charge is 2.08. The summed E-state index contributed by atoms with van der Waals surface area (Å²) in [6.45, 7) is 0.411. The molecule has 27 heavy (non-hydrogen) atoms. The quantitative estimate of drug-likeness (QED) is 0.446. The number of nitrogens with two attached hydrogens (primary N) is 1. The maximum atomic E-state index is 9.87. The molecule has 0 atom stereocenters. The number of benzene rings is 3. The van der Waals surface area contributed by atoms with Crippen LogP contribution in [0.15, 0.2) is 66.7 Å². The van der Waals surface area contributed by atoms with Crippen molar-refractivity contribution in [2.75, 3.05) is 0 Å². The summed E-state index contributed by atoms with van der Waals surface area (Å²) in [5.41, 5.74) is 10.5. The molecule has 0 radical (unpaired) electrons. The third kappa shape index (κ3) is 3.46. The fourth-order valence-electron chi connectivity index (χ4n) is 2.61. The lowest BCUT2D eigenvalue weighted by Crippen LogP contribution is -2.02. The van der Waals surface area contributed by atoms with E-state index in [1.807, 2.05) is 48.5 Å². The lowest BCUT2D eigenvalue weighted by molar-refractivity contribution is 0.467. The molecular weight excluding hydrogens is 342 g/mol. The Morgan fingerprint density at radius 1 is 0.889 bits per heavy atom. The van der Waals surface area contributed by atoms with Crippen molar-refractivity contribution in [3.8, 4) is 11.4 Å². The van der Waals surface area contributed by atoms with E-state index in [0.29, 0.717) is 12.2 Å². The van der Waals surface area contributed by atoms with Crippen molar-refractivity contribution in [3.63, 3.8) is 0 Å². The van der Waals surface area contributed by atoms with Gasteiger partial charge < -0.3 is 10.8 Å². The summed E-state index contributed by atoms with van der Waals surface area (Å²) < 4.78 is 0. The highest BCUT2D eigenvalue weighted by molar-refractivity contribution is 5.74. The van der Waals surface area contributed by atoms with Crippen molar-refractivity contribution in [1.82, 2.24) is 30.4 Å². The van der Waals surface area contributed by atoms with Crippen LogP contribution >= 0.6 is 0 Å². The van der Waals surface area contributed by atoms with Gasteiger partial charge >= 0.3 is 0 Å². The summed E-state index contributed by atoms with van der Waals surface area (Å²) in [7, 11) is 0. The second-order valence-electron chi connectivity index (χ2n) is 5.83. The zero-order valence-corrected chi connectivity index (χ0v) is 14.3. The monoisotopic (exact) mass is 359 g/mol. The molecule has 0 aliphatic rings. The lowest BCUT2D eigenvalue weighted by Gasteiger charge is -2.04. The lowest BCUT2D eigenvalue weighted by atomic mass is 10.2. The van der Waals surface area contributed by atoms with Crippen LogP contribution in [0.5, 0.6) is 5.75 Å². The number of nitrogens with one attached hydrogen (secondary N) is 1. The van der Waals surface area contributed by atoms with Crippen molar-refractivity contribution >= 4 is 22.1 Å². The first-order chi connectivity index (χ1) is 13.2. The smallest absolute Gasteiger partial charge is 0.143 e. The minimum atomic E-state index is 0.132. The Kier molecular flexibility index (Phi) is 4.46. The Bertz CT molecular complexity index is 1130. The summed E-state index contributed by atoms with van der Waals surface area (Å²) in [6, 6.07) is 20.5. The van der Waals surface area contributed by atoms with Crippen molar-refractivity contribution < 1.29 is 5.11 Å². The van der Waals surface area contributed by atoms with E-state index < -0.39 is 0 Å². The largest absolute Gasteiger partial charge is 0.506 e. The van der Waals surface area contributed by atoms with Gasteiger partial charge in [0.05, 0.1) is 5.52 Å². The summed E-state index contributed by atoms with van der Waals surface area (Å²) in [6.07, 6.45) is 0. The number of phenols is 1. The number of aromatic amines is 1. The SMILES string of the molecule is NCc1ccc(O)c(-n2nc3ccccc3n2)c1.c1ccc2[nH]nnc2c1. The number of nitrogens with zero attached hydrogens (tertiary/aromatic N) is 5. The maximum absolute atomic E-state index is 9.87. The van der Waals surface area contributed by atoms with Gasteiger partial charge in [0.2, 0.25) is 0 Å². The van der Waals surface area contributed by atoms with Gasteiger partial charge in [0.1, 0.15) is 28.0 Å². The summed E-state index contributed by atoms with van der Waals surface area (Å²) in [5, 5.41) is 28.7. The Balaban J connectivity index is 0.000000167. The topological polar surface area (TPSA) is 119 Å². The number of fused-ring (bicyclic) bond motifs is 2. The van der Waals surface area contributed by atoms with Gasteiger partial charge in [-0.2, -0.15) is 0 Å². The van der Waals surface area contributed by atoms with Gasteiger partial charge in [0.25, 0.3) is 0 Å². The molecule has 0 aliphatic heterocycles. The van der Waals surface area contributed by atoms with Crippen molar-refractivity contribution in [1.29, 1.82) is 0 Å². The Morgan fingerprint density at radius 2 is 1.56 bits per heavy atom. The first-order valence-electron chi connectivity index (χ1n) is 8.35. The molecule has 0 aliphatic carbocycles. The summed E-state index contributed by atoms with van der Waals surface area (Å²) >= 11 is 0. The molecule has 5 rings (SSSR count). The number of hydrogen-bond donors (Lipinski definition) is 3. The van der Waals surface area contributed by atoms with Crippen LogP contribution in [0.2, 0.25) is 0 Å². The average molecular weight is 359 g/mol. The molecule has 5 aromatic rings. The molecule has 0 saturated carbocycles. The van der Waals surface area contributed by atoms with Crippen molar-refractivity contribution in [2.24, 2.45) is 5.73 Å². The van der Waals surface area contributed by atoms with Gasteiger partial charge in [0, 0.05) is 6.54 Å². The predicted molar refractivity (Wildman–Crippen MR) is 102 cm³/mol. The molecule has 8 nitrogen and oxygen atoms in total. The molecule has 0 spiro atoms. The molecule has 4 N–H and O–H groups in total. The molecular formula is C19H17N7O. The van der Waals surface area contributed by atoms with Crippen LogP contribution in [0.3, 0.4) is 0 Å². The molecule has 0 unspecified atom stereocenters. The van der Waals surface area contributed by atoms with E-state index in [1.165, 1.54) is 4.80 Å². The van der Waals surface area contributed by atoms with Gasteiger partial charge in [-0.15, -0.1) is 20.1 Å². The molecule has 0 saturated heterocycles. The highest BCUT2D eigenvalue weighted by atomic mass is 16.3. The van der Waals surface area contributed by atoms with E-state index in [9.17, 15) is 5.11 Å². The van der Waals surface area contributed by atoms with Gasteiger partial charge in [-0.05, 0) is 42.0 Å². The number of rotatable bonds is 2. The molecule has 0 amide bonds. The minimum Gasteiger partial charge on any atom is -0.506 e. The summed E-state index contributed by atoms with van der Waals surface area (Å²) in [5.74, 6) is 0.132. The van der Waals surface area contributed by atoms with E-state index in [4.69, 9.17) is 5.73 Å². The van der Waals surface area contributed by atoms with Crippen LogP contribution in [0.4, 0.5) is 0 Å². The van der Waals surface area contributed by atoms with E-state index in [1.54, 1.807) is 18.2 Å². The number of aromatic nitrogens is 6. The number of para-hydroxylation sites is 1. The molecule has 0 fully saturated rings. The first kappa shape index (κ1) is 16.7. The molecule has 0 bridgehead atoms. The van der Waals surface area contributed by atoms with E-state index in [-0.39, 0.29) is 5.75 Å². The second kappa shape index (κ2) is 7.22. The van der Waals surface area contributed by atoms with E-state index in [0.717, 1.165) is 27.6 Å². The maximum Gasteiger partial charge on any atom is 0.143 e. The number of H-pyrrole nitrogens is 1. The van der Waals surface area contributed by atoms with E-state index in [2.05, 4.69) is 25.6 Å². The third-order valence-electron chi connectivity index (χ3n) is 4.01. The van der Waals surface area contributed by atoms with Crippen LogP contribution < -0.4 is 5.73 Å². The van der Waals surface area contributed by atoms with E-state index >= 15 is 0 Å². The van der Waals surface area contributed by atoms with Crippen LogP contribution in [0.25, 0.3) is 27.8 Å². The first-order valence-corrected chi connectivity index (χ1v) is 8.35. The molecule has 8 heteroatoms. The molecule has 134 valence electrons. The van der Waals surface area contributed by atoms with Gasteiger partial charge in [0.15, 0.2) is 0 Å². The predicted octanol–water partition coefficient (Wildman–Crippen LogP) is 2.54. The zero-order valence-electron chi connectivity index (χ0n) is 14.3. The van der Waals surface area contributed by atoms with Gasteiger partial charge in [-0.25, -0.2) is 0 Å². The normalized spacial score (nSPS) is 10.7. The fourth-order valence-corrected chi connectivity index (χ4v) is 2.61. The zero-order chi connectivity index (χ0) is 18.6. The Morgan fingerprint density at radius 3 is 2.22 bits per heavy atom. The highest BCUT2D eigenvalue weighted by Crippen LogP contribution is 2.22. The Labute approximate surface area is 154 Å². The van der Waals surface area contributed by atoms with Gasteiger partial charge in [-0.1, -0.05) is 35.5 Å². The standard InChI is InChI=1S/C13H12N4O.C6H5N3/c14-8-9-5-6-13(18)12(7-9)17-15-10-3-1-2-4-11(10)16-17;1-2-4-6-5(3-1)7-9-8-6/h1-7,18H,8,14H2;1-4H,(H,7,8,9).